The summed E-state index contributed by atoms with van der Waals surface area (Å²) in [6.07, 6.45) is 2.18. The highest BCUT2D eigenvalue weighted by Gasteiger charge is 2.27. The largest absolute Gasteiger partial charge is 0.458 e. The number of likely N-dealkylation sites (N-methyl/N-ethyl adjacent to an activating group) is 1. The first-order chi connectivity index (χ1) is 22.3. The number of nitrogens with zero attached hydrogens (tertiary/aromatic N) is 5. The van der Waals surface area contributed by atoms with Gasteiger partial charge in [0.05, 0.1) is 16.9 Å². The number of carbonyl (C=O) groups is 2. The second-order valence-electron chi connectivity index (χ2n) is 11.3. The number of halogens is 2. The summed E-state index contributed by atoms with van der Waals surface area (Å²) in [7, 11) is 2.10. The third kappa shape index (κ3) is 8.00. The summed E-state index contributed by atoms with van der Waals surface area (Å²) in [6.45, 7) is 4.56. The summed E-state index contributed by atoms with van der Waals surface area (Å²) in [4.78, 5) is 34.2. The lowest BCUT2D eigenvalue weighted by Crippen LogP contribution is -2.45. The average Bonchev–Trinajstić information content (AvgIpc) is 3.05. The van der Waals surface area contributed by atoms with E-state index in [0.717, 1.165) is 31.7 Å². The van der Waals surface area contributed by atoms with E-state index < -0.39 is 5.82 Å². The van der Waals surface area contributed by atoms with Crippen molar-refractivity contribution in [2.45, 2.75) is 24.0 Å². The standard InChI is InChI=1S/C33H33ClFN7O3S/c1-41-12-14-42(15-13-41)11-9-31(43)38-30-18-23(8-10-36-30)37-29-19-28(26-17-22(34)6-7-27(26)35)39-40-32(29)46-20-24-16-21-4-2-3-5-25(21)33(44)45-24/h2-8,10,17-19,24H,9,11-16,20H2,1H3,(H2,36,37,38,39,43). The zero-order valence-corrected chi connectivity index (χ0v) is 26.8. The maximum Gasteiger partial charge on any atom is 0.338 e. The number of carbonyl (C=O) groups excluding carboxylic acids is 2. The number of fused-ring (bicyclic) bond motifs is 1. The van der Waals surface area contributed by atoms with E-state index in [1.54, 1.807) is 30.5 Å². The van der Waals surface area contributed by atoms with Crippen molar-refractivity contribution in [2.75, 3.05) is 56.2 Å². The molecule has 1 unspecified atom stereocenters. The van der Waals surface area contributed by atoms with E-state index in [2.05, 4.69) is 42.7 Å². The van der Waals surface area contributed by atoms with Crippen LogP contribution in [0.4, 0.5) is 21.6 Å². The number of piperazine rings is 1. The zero-order chi connectivity index (χ0) is 32.0. The Bertz CT molecular complexity index is 1740. The van der Waals surface area contributed by atoms with Gasteiger partial charge >= 0.3 is 5.97 Å². The van der Waals surface area contributed by atoms with Gasteiger partial charge < -0.3 is 25.2 Å². The van der Waals surface area contributed by atoms with Crippen molar-refractivity contribution in [1.82, 2.24) is 25.0 Å². The van der Waals surface area contributed by atoms with Crippen molar-refractivity contribution >= 4 is 52.4 Å². The number of pyridine rings is 1. The lowest BCUT2D eigenvalue weighted by Gasteiger charge is -2.32. The predicted molar refractivity (Wildman–Crippen MR) is 177 cm³/mol. The number of rotatable bonds is 10. The van der Waals surface area contributed by atoms with Gasteiger partial charge in [-0.2, -0.15) is 0 Å². The molecule has 1 atom stereocenters. The molecule has 6 rings (SSSR count). The van der Waals surface area contributed by atoms with Gasteiger partial charge in [0.1, 0.15) is 22.8 Å². The minimum Gasteiger partial charge on any atom is -0.458 e. The van der Waals surface area contributed by atoms with Gasteiger partial charge in [0, 0.05) is 79.9 Å². The second-order valence-corrected chi connectivity index (χ2v) is 12.7. The van der Waals surface area contributed by atoms with Gasteiger partial charge in [0.25, 0.3) is 0 Å². The first-order valence-electron chi connectivity index (χ1n) is 15.0. The summed E-state index contributed by atoms with van der Waals surface area (Å²) in [5.41, 5.74) is 3.20. The van der Waals surface area contributed by atoms with Crippen LogP contribution >= 0.6 is 23.4 Å². The molecule has 2 aliphatic heterocycles. The number of hydrogen-bond acceptors (Lipinski definition) is 10. The normalized spacial score (nSPS) is 16.8. The molecule has 1 saturated heterocycles. The molecular weight excluding hydrogens is 629 g/mol. The van der Waals surface area contributed by atoms with Crippen LogP contribution in [0.25, 0.3) is 11.3 Å². The zero-order valence-electron chi connectivity index (χ0n) is 25.2. The minimum absolute atomic E-state index is 0.118. The highest BCUT2D eigenvalue weighted by atomic mass is 35.5. The van der Waals surface area contributed by atoms with Gasteiger partial charge in [-0.25, -0.2) is 14.2 Å². The van der Waals surface area contributed by atoms with E-state index in [1.807, 2.05) is 18.2 Å². The molecule has 2 N–H and O–H groups in total. The molecule has 2 aromatic heterocycles. The Hall–Kier alpha value is -4.10. The number of hydrogen-bond donors (Lipinski definition) is 2. The minimum atomic E-state index is -0.483. The van der Waals surface area contributed by atoms with E-state index in [4.69, 9.17) is 16.3 Å². The molecule has 1 fully saturated rings. The van der Waals surface area contributed by atoms with Crippen LogP contribution in [0.3, 0.4) is 0 Å². The van der Waals surface area contributed by atoms with Crippen molar-refractivity contribution in [1.29, 1.82) is 0 Å². The molecule has 4 heterocycles. The van der Waals surface area contributed by atoms with E-state index in [1.165, 1.54) is 30.0 Å². The number of thioether (sulfide) groups is 1. The van der Waals surface area contributed by atoms with E-state index in [-0.39, 0.29) is 29.2 Å². The highest BCUT2D eigenvalue weighted by molar-refractivity contribution is 7.99. The summed E-state index contributed by atoms with van der Waals surface area (Å²) < 4.78 is 20.5. The maximum absolute atomic E-state index is 14.8. The molecule has 2 aromatic carbocycles. The number of benzene rings is 2. The SMILES string of the molecule is CN1CCN(CCC(=O)Nc2cc(Nc3cc(-c4cc(Cl)ccc4F)nnc3SCC3Cc4ccccc4C(=O)O3)ccn2)CC1. The van der Waals surface area contributed by atoms with Gasteiger partial charge in [-0.15, -0.1) is 10.2 Å². The Morgan fingerprint density at radius 1 is 1.07 bits per heavy atom. The molecule has 0 spiro atoms. The number of nitrogens with one attached hydrogen (secondary N) is 2. The third-order valence-corrected chi connectivity index (χ3v) is 9.23. The third-order valence-electron chi connectivity index (χ3n) is 7.89. The molecular formula is C33H33ClFN7O3S. The fraction of sp³-hybridized carbons (Fsp3) is 0.303. The molecule has 2 aliphatic rings. The van der Waals surface area contributed by atoms with Crippen LogP contribution in [0.15, 0.2) is 71.9 Å². The Balaban J connectivity index is 1.18. The summed E-state index contributed by atoms with van der Waals surface area (Å²) in [5.74, 6) is -0.118. The molecule has 4 aromatic rings. The molecule has 10 nitrogen and oxygen atoms in total. The van der Waals surface area contributed by atoms with E-state index in [9.17, 15) is 14.0 Å². The van der Waals surface area contributed by atoms with Crippen molar-refractivity contribution < 1.29 is 18.7 Å². The molecule has 238 valence electrons. The number of ether oxygens (including phenoxy) is 1. The van der Waals surface area contributed by atoms with Crippen LogP contribution in [0.2, 0.25) is 5.02 Å². The molecule has 1 amide bonds. The average molecular weight is 662 g/mol. The number of amides is 1. The number of cyclic esters (lactones) is 1. The van der Waals surface area contributed by atoms with Crippen molar-refractivity contribution in [2.24, 2.45) is 0 Å². The Labute approximate surface area is 275 Å². The van der Waals surface area contributed by atoms with Crippen LogP contribution in [0, 0.1) is 5.82 Å². The lowest BCUT2D eigenvalue weighted by molar-refractivity contribution is -0.116. The number of anilines is 3. The van der Waals surface area contributed by atoms with Crippen LogP contribution in [0.1, 0.15) is 22.3 Å². The molecule has 46 heavy (non-hydrogen) atoms. The Morgan fingerprint density at radius 3 is 2.74 bits per heavy atom. The van der Waals surface area contributed by atoms with Crippen molar-refractivity contribution in [3.05, 3.63) is 88.8 Å². The van der Waals surface area contributed by atoms with Gasteiger partial charge in [-0.1, -0.05) is 41.6 Å². The van der Waals surface area contributed by atoms with Gasteiger partial charge in [-0.3, -0.25) is 4.79 Å². The van der Waals surface area contributed by atoms with Gasteiger partial charge in [0.2, 0.25) is 5.91 Å². The first-order valence-corrected chi connectivity index (χ1v) is 16.4. The Kier molecular flexibility index (Phi) is 10.1. The van der Waals surface area contributed by atoms with E-state index in [0.29, 0.717) is 57.9 Å². The highest BCUT2D eigenvalue weighted by Crippen LogP contribution is 2.34. The van der Waals surface area contributed by atoms with Crippen LogP contribution in [-0.4, -0.2) is 88.5 Å². The number of aromatic nitrogens is 3. The molecule has 0 saturated carbocycles. The topological polar surface area (TPSA) is 113 Å². The second kappa shape index (κ2) is 14.5. The van der Waals surface area contributed by atoms with Crippen LogP contribution in [-0.2, 0) is 16.0 Å². The predicted octanol–water partition coefficient (Wildman–Crippen LogP) is 5.52. The first kappa shape index (κ1) is 31.9. The molecule has 0 radical (unpaired) electrons. The van der Waals surface area contributed by atoms with E-state index >= 15 is 0 Å². The molecule has 13 heteroatoms. The number of esters is 1. The van der Waals surface area contributed by atoms with Crippen molar-refractivity contribution in [3.63, 3.8) is 0 Å². The Morgan fingerprint density at radius 2 is 1.89 bits per heavy atom. The maximum atomic E-state index is 14.8. The lowest BCUT2D eigenvalue weighted by atomic mass is 9.99. The van der Waals surface area contributed by atoms with Crippen LogP contribution < -0.4 is 10.6 Å². The van der Waals surface area contributed by atoms with Crippen molar-refractivity contribution in [3.8, 4) is 11.3 Å². The summed E-state index contributed by atoms with van der Waals surface area (Å²) in [6, 6.07) is 16.8. The summed E-state index contributed by atoms with van der Waals surface area (Å²) >= 11 is 7.53. The molecule has 0 aliphatic carbocycles. The van der Waals surface area contributed by atoms with Gasteiger partial charge in [-0.05, 0) is 49.0 Å². The fourth-order valence-corrected chi connectivity index (χ4v) is 6.40. The van der Waals surface area contributed by atoms with Gasteiger partial charge in [0.15, 0.2) is 0 Å². The summed E-state index contributed by atoms with van der Waals surface area (Å²) in [5, 5.41) is 15.8. The molecule has 0 bridgehead atoms. The monoisotopic (exact) mass is 661 g/mol. The smallest absolute Gasteiger partial charge is 0.338 e. The van der Waals surface area contributed by atoms with Crippen LogP contribution in [0.5, 0.6) is 0 Å². The fourth-order valence-electron chi connectivity index (χ4n) is 5.33. The quantitative estimate of drug-likeness (QED) is 0.166.